The molecule has 0 bridgehead atoms. The lowest BCUT2D eigenvalue weighted by molar-refractivity contribution is -0.131. The Bertz CT molecular complexity index is 659. The first-order valence-electron chi connectivity index (χ1n) is 8.57. The highest BCUT2D eigenvalue weighted by Crippen LogP contribution is 2.24. The highest BCUT2D eigenvalue weighted by molar-refractivity contribution is 7.99. The van der Waals surface area contributed by atoms with Crippen molar-refractivity contribution in [3.63, 3.8) is 0 Å². The van der Waals surface area contributed by atoms with Gasteiger partial charge in [-0.25, -0.2) is 4.79 Å². The van der Waals surface area contributed by atoms with E-state index in [9.17, 15) is 14.4 Å². The zero-order valence-electron chi connectivity index (χ0n) is 14.5. The molecule has 4 amide bonds. The Morgan fingerprint density at radius 3 is 2.60 bits per heavy atom. The average molecular weight is 361 g/mol. The summed E-state index contributed by atoms with van der Waals surface area (Å²) < 4.78 is 0. The molecule has 134 valence electrons. The van der Waals surface area contributed by atoms with Gasteiger partial charge >= 0.3 is 6.03 Å². The van der Waals surface area contributed by atoms with E-state index in [4.69, 9.17) is 0 Å². The van der Waals surface area contributed by atoms with Crippen LogP contribution in [0.15, 0.2) is 29.2 Å². The first-order valence-corrected chi connectivity index (χ1v) is 9.45. The fourth-order valence-electron chi connectivity index (χ4n) is 3.23. The van der Waals surface area contributed by atoms with Crippen molar-refractivity contribution in [2.75, 3.05) is 19.6 Å². The van der Waals surface area contributed by atoms with Crippen LogP contribution in [-0.4, -0.2) is 58.6 Å². The largest absolute Gasteiger partial charge is 0.340 e. The van der Waals surface area contributed by atoms with E-state index >= 15 is 0 Å². The third-order valence-electron chi connectivity index (χ3n) is 4.41. The molecule has 2 fully saturated rings. The van der Waals surface area contributed by atoms with Crippen molar-refractivity contribution in [3.8, 4) is 0 Å². The molecular weight excluding hydrogens is 338 g/mol. The molecule has 1 aromatic rings. The average Bonchev–Trinajstić information content (AvgIpc) is 3.15. The number of benzene rings is 1. The molecule has 2 aliphatic heterocycles. The highest BCUT2D eigenvalue weighted by Gasteiger charge is 2.39. The van der Waals surface area contributed by atoms with Gasteiger partial charge in [0.25, 0.3) is 0 Å². The number of urea groups is 1. The number of likely N-dealkylation sites (tertiary alicyclic amines) is 1. The molecule has 25 heavy (non-hydrogen) atoms. The molecule has 2 heterocycles. The van der Waals surface area contributed by atoms with E-state index in [1.165, 1.54) is 9.80 Å². The van der Waals surface area contributed by atoms with E-state index in [0.29, 0.717) is 31.2 Å². The van der Waals surface area contributed by atoms with E-state index in [0.717, 1.165) is 5.56 Å². The highest BCUT2D eigenvalue weighted by atomic mass is 32.2. The lowest BCUT2D eigenvalue weighted by Crippen LogP contribution is -2.43. The van der Waals surface area contributed by atoms with Gasteiger partial charge in [0.05, 0.1) is 19.0 Å². The van der Waals surface area contributed by atoms with Crippen molar-refractivity contribution in [2.24, 2.45) is 0 Å². The number of nitrogens with one attached hydrogen (secondary N) is 1. The van der Waals surface area contributed by atoms with Crippen LogP contribution in [0.4, 0.5) is 4.79 Å². The van der Waals surface area contributed by atoms with Gasteiger partial charge in [-0.2, -0.15) is 0 Å². The summed E-state index contributed by atoms with van der Waals surface area (Å²) in [6.07, 6.45) is 0.994. The zero-order valence-corrected chi connectivity index (χ0v) is 15.3. The van der Waals surface area contributed by atoms with Crippen LogP contribution in [0.2, 0.25) is 0 Å². The number of carbonyl (C=O) groups excluding carboxylic acids is 3. The van der Waals surface area contributed by atoms with Gasteiger partial charge in [0.15, 0.2) is 0 Å². The second kappa shape index (κ2) is 7.47. The van der Waals surface area contributed by atoms with E-state index < -0.39 is 0 Å². The minimum absolute atomic E-state index is 0.0406. The SMILES string of the molecule is CC(C)Sc1ccc(CC(=O)N2CCC(N3C(=O)CNC3=O)C2)cc1. The molecule has 1 aromatic carbocycles. The third kappa shape index (κ3) is 4.15. The van der Waals surface area contributed by atoms with Crippen molar-refractivity contribution >= 4 is 29.6 Å². The molecule has 0 saturated carbocycles. The van der Waals surface area contributed by atoms with Gasteiger partial charge in [-0.1, -0.05) is 26.0 Å². The topological polar surface area (TPSA) is 69.7 Å². The van der Waals surface area contributed by atoms with Crippen LogP contribution < -0.4 is 5.32 Å². The van der Waals surface area contributed by atoms with Crippen LogP contribution in [0.1, 0.15) is 25.8 Å². The van der Waals surface area contributed by atoms with E-state index in [2.05, 4.69) is 19.2 Å². The summed E-state index contributed by atoms with van der Waals surface area (Å²) in [6, 6.07) is 7.54. The Morgan fingerprint density at radius 1 is 1.28 bits per heavy atom. The molecule has 6 nitrogen and oxygen atoms in total. The van der Waals surface area contributed by atoms with Crippen LogP contribution in [0.5, 0.6) is 0 Å². The van der Waals surface area contributed by atoms with Gasteiger partial charge in [-0.3, -0.25) is 14.5 Å². The Kier molecular flexibility index (Phi) is 5.32. The Hall–Kier alpha value is -2.02. The number of hydrogen-bond acceptors (Lipinski definition) is 4. The van der Waals surface area contributed by atoms with Crippen molar-refractivity contribution in [3.05, 3.63) is 29.8 Å². The van der Waals surface area contributed by atoms with Crippen LogP contribution in [0, 0.1) is 0 Å². The fourth-order valence-corrected chi connectivity index (χ4v) is 4.07. The maximum atomic E-state index is 12.5. The summed E-state index contributed by atoms with van der Waals surface area (Å²) >= 11 is 1.80. The van der Waals surface area contributed by atoms with E-state index in [-0.39, 0.29) is 30.4 Å². The lowest BCUT2D eigenvalue weighted by atomic mass is 10.1. The lowest BCUT2D eigenvalue weighted by Gasteiger charge is -2.21. The minimum Gasteiger partial charge on any atom is -0.340 e. The summed E-state index contributed by atoms with van der Waals surface area (Å²) in [5.41, 5.74) is 0.983. The Balaban J connectivity index is 1.55. The number of amides is 4. The predicted molar refractivity (Wildman–Crippen MR) is 96.4 cm³/mol. The van der Waals surface area contributed by atoms with E-state index in [1.54, 1.807) is 16.7 Å². The zero-order chi connectivity index (χ0) is 18.0. The molecule has 0 radical (unpaired) electrons. The number of nitrogens with zero attached hydrogens (tertiary/aromatic N) is 2. The van der Waals surface area contributed by atoms with Crippen molar-refractivity contribution < 1.29 is 14.4 Å². The van der Waals surface area contributed by atoms with Gasteiger partial charge in [-0.05, 0) is 24.1 Å². The second-order valence-corrected chi connectivity index (χ2v) is 8.34. The second-order valence-electron chi connectivity index (χ2n) is 6.69. The monoisotopic (exact) mass is 361 g/mol. The third-order valence-corrected chi connectivity index (χ3v) is 5.43. The van der Waals surface area contributed by atoms with Gasteiger partial charge < -0.3 is 10.2 Å². The van der Waals surface area contributed by atoms with Gasteiger partial charge in [0, 0.05) is 23.2 Å². The number of thioether (sulfide) groups is 1. The molecule has 1 N–H and O–H groups in total. The molecule has 0 aliphatic carbocycles. The standard InChI is InChI=1S/C18H23N3O3S/c1-12(2)25-15-5-3-13(4-6-15)9-16(22)20-8-7-14(11-20)21-17(23)10-19-18(21)24/h3-6,12,14H,7-11H2,1-2H3,(H,19,24). The Labute approximate surface area is 151 Å². The van der Waals surface area contributed by atoms with Crippen LogP contribution >= 0.6 is 11.8 Å². The Morgan fingerprint density at radius 2 is 2.00 bits per heavy atom. The van der Waals surface area contributed by atoms with Crippen LogP contribution in [0.25, 0.3) is 0 Å². The van der Waals surface area contributed by atoms with Crippen LogP contribution in [-0.2, 0) is 16.0 Å². The van der Waals surface area contributed by atoms with Crippen molar-refractivity contribution in [2.45, 2.75) is 42.9 Å². The summed E-state index contributed by atoms with van der Waals surface area (Å²) in [7, 11) is 0. The minimum atomic E-state index is -0.345. The normalized spacial score (nSPS) is 20.5. The van der Waals surface area contributed by atoms with Gasteiger partial charge in [0.1, 0.15) is 0 Å². The van der Waals surface area contributed by atoms with Gasteiger partial charge in [-0.15, -0.1) is 11.8 Å². The summed E-state index contributed by atoms with van der Waals surface area (Å²) in [5, 5.41) is 3.06. The molecule has 3 rings (SSSR count). The molecule has 2 aliphatic rings. The quantitative estimate of drug-likeness (QED) is 0.642. The number of carbonyl (C=O) groups is 3. The van der Waals surface area contributed by atoms with E-state index in [1.807, 2.05) is 24.3 Å². The molecule has 7 heteroatoms. The summed E-state index contributed by atoms with van der Waals surface area (Å²) in [6.45, 7) is 5.37. The molecular formula is C18H23N3O3S. The smallest absolute Gasteiger partial charge is 0.324 e. The maximum Gasteiger partial charge on any atom is 0.324 e. The number of hydrogen-bond donors (Lipinski definition) is 1. The molecule has 0 spiro atoms. The number of imide groups is 1. The van der Waals surface area contributed by atoms with Crippen LogP contribution in [0.3, 0.4) is 0 Å². The molecule has 2 saturated heterocycles. The first kappa shape index (κ1) is 17.8. The predicted octanol–water partition coefficient (Wildman–Crippen LogP) is 1.88. The fraction of sp³-hybridized carbons (Fsp3) is 0.500. The van der Waals surface area contributed by atoms with Crippen molar-refractivity contribution in [1.82, 2.24) is 15.1 Å². The first-order chi connectivity index (χ1) is 11.9. The number of rotatable bonds is 5. The molecule has 1 atom stereocenters. The van der Waals surface area contributed by atoms with Gasteiger partial charge in [0.2, 0.25) is 11.8 Å². The maximum absolute atomic E-state index is 12.5. The van der Waals surface area contributed by atoms with Crippen molar-refractivity contribution in [1.29, 1.82) is 0 Å². The summed E-state index contributed by atoms with van der Waals surface area (Å²) in [5.74, 6) is -0.165. The summed E-state index contributed by atoms with van der Waals surface area (Å²) in [4.78, 5) is 40.3. The molecule has 0 aromatic heterocycles. The molecule has 1 unspecified atom stereocenters.